The molecule has 2 N–H and O–H groups in total. The van der Waals surface area contributed by atoms with Crippen LogP contribution in [0.5, 0.6) is 0 Å². The van der Waals surface area contributed by atoms with Gasteiger partial charge < -0.3 is 5.32 Å². The molecule has 11 heteroatoms. The highest BCUT2D eigenvalue weighted by Gasteiger charge is 2.33. The maximum absolute atomic E-state index is 12.7. The maximum atomic E-state index is 12.7. The van der Waals surface area contributed by atoms with Gasteiger partial charge in [-0.2, -0.15) is 13.2 Å². The summed E-state index contributed by atoms with van der Waals surface area (Å²) in [5.74, 6) is -0.952. The van der Waals surface area contributed by atoms with Gasteiger partial charge >= 0.3 is 6.18 Å². The normalized spacial score (nSPS) is 12.8. The van der Waals surface area contributed by atoms with Gasteiger partial charge in [-0.05, 0) is 41.8 Å². The second kappa shape index (κ2) is 9.35. The first kappa shape index (κ1) is 23.2. The predicted molar refractivity (Wildman–Crippen MR) is 112 cm³/mol. The predicted octanol–water partition coefficient (Wildman–Crippen LogP) is 4.43. The molecule has 1 atom stereocenters. The number of nitrogens with zero attached hydrogens (tertiary/aromatic N) is 2. The lowest BCUT2D eigenvalue weighted by atomic mass is 9.97. The van der Waals surface area contributed by atoms with Gasteiger partial charge in [-0.25, -0.2) is 23.1 Å². The Bertz CT molecular complexity index is 1180. The van der Waals surface area contributed by atoms with Crippen molar-refractivity contribution in [3.63, 3.8) is 0 Å². The van der Waals surface area contributed by atoms with E-state index in [1.54, 1.807) is 0 Å². The number of carbonyl (C=O) groups is 1. The highest BCUT2D eigenvalue weighted by Crippen LogP contribution is 2.28. The Balaban J connectivity index is 1.65. The Hall–Kier alpha value is -3.47. The van der Waals surface area contributed by atoms with Gasteiger partial charge in [0, 0.05) is 18.3 Å². The fourth-order valence-electron chi connectivity index (χ4n) is 2.85. The fraction of sp³-hybridized carbons (Fsp3) is 0.190. The van der Waals surface area contributed by atoms with E-state index in [0.29, 0.717) is 11.8 Å². The molecule has 1 heterocycles. The van der Waals surface area contributed by atoms with Crippen LogP contribution in [-0.4, -0.2) is 24.3 Å². The van der Waals surface area contributed by atoms with Crippen LogP contribution in [0, 0.1) is 0 Å². The lowest BCUT2D eigenvalue weighted by molar-refractivity contribution is -0.141. The third-order valence-corrected chi connectivity index (χ3v) is 5.82. The molecule has 1 amide bonds. The van der Waals surface area contributed by atoms with Gasteiger partial charge in [-0.3, -0.25) is 4.79 Å². The molecular weight excluding hydrogens is 445 g/mol. The Kier molecular flexibility index (Phi) is 6.78. The summed E-state index contributed by atoms with van der Waals surface area (Å²) in [5, 5.41) is 2.69. The van der Waals surface area contributed by atoms with Crippen molar-refractivity contribution in [3.05, 3.63) is 78.1 Å². The fourth-order valence-corrected chi connectivity index (χ4v) is 3.80. The van der Waals surface area contributed by atoms with E-state index in [1.165, 1.54) is 24.3 Å². The number of halogens is 3. The third kappa shape index (κ3) is 6.03. The molecule has 0 spiro atoms. The number of aromatic nitrogens is 2. The van der Waals surface area contributed by atoms with Crippen LogP contribution in [0.15, 0.2) is 71.8 Å². The molecule has 3 rings (SSSR count). The molecule has 0 aliphatic carbocycles. The number of benzene rings is 2. The standard InChI is InChI=1S/C21H19F3N4O3S/c1-14(15-5-3-2-4-6-15)13-19(29)26-16-7-9-17(10-8-16)32(30,31)28-20-25-12-11-18(27-20)21(22,23)24/h2-12,14H,13H2,1H3,(H,26,29)(H,25,27,28). The average Bonchev–Trinajstić information content (AvgIpc) is 2.74. The number of rotatable bonds is 7. The molecule has 0 aliphatic rings. The Morgan fingerprint density at radius 1 is 1.03 bits per heavy atom. The summed E-state index contributed by atoms with van der Waals surface area (Å²) in [6.45, 7) is 1.92. The van der Waals surface area contributed by atoms with Crippen molar-refractivity contribution >= 4 is 27.6 Å². The summed E-state index contributed by atoms with van der Waals surface area (Å²) in [5.41, 5.74) is 0.129. The molecule has 3 aromatic rings. The van der Waals surface area contributed by atoms with E-state index in [4.69, 9.17) is 0 Å². The van der Waals surface area contributed by atoms with Crippen molar-refractivity contribution in [2.45, 2.75) is 30.3 Å². The van der Waals surface area contributed by atoms with Crippen LogP contribution < -0.4 is 10.0 Å². The van der Waals surface area contributed by atoms with E-state index in [1.807, 2.05) is 42.0 Å². The number of carbonyl (C=O) groups excluding carboxylic acids is 1. The molecule has 0 radical (unpaired) electrons. The average molecular weight is 464 g/mol. The van der Waals surface area contributed by atoms with Crippen LogP contribution in [0.2, 0.25) is 0 Å². The van der Waals surface area contributed by atoms with Gasteiger partial charge in [0.05, 0.1) is 4.90 Å². The number of nitrogens with one attached hydrogen (secondary N) is 2. The van der Waals surface area contributed by atoms with Crippen molar-refractivity contribution in [2.24, 2.45) is 0 Å². The Morgan fingerprint density at radius 3 is 2.31 bits per heavy atom. The summed E-state index contributed by atoms with van der Waals surface area (Å²) >= 11 is 0. The first-order valence-corrected chi connectivity index (χ1v) is 10.9. The zero-order chi connectivity index (χ0) is 23.4. The van der Waals surface area contributed by atoms with Crippen LogP contribution in [-0.2, 0) is 21.0 Å². The minimum absolute atomic E-state index is 0.00693. The Labute approximate surface area is 182 Å². The summed E-state index contributed by atoms with van der Waals surface area (Å²) in [6.07, 6.45) is -3.69. The van der Waals surface area contributed by atoms with Gasteiger partial charge in [0.15, 0.2) is 0 Å². The maximum Gasteiger partial charge on any atom is 0.433 e. The molecule has 2 aromatic carbocycles. The van der Waals surface area contributed by atoms with E-state index in [0.717, 1.165) is 11.8 Å². The number of hydrogen-bond donors (Lipinski definition) is 2. The smallest absolute Gasteiger partial charge is 0.326 e. The van der Waals surface area contributed by atoms with E-state index in [-0.39, 0.29) is 23.1 Å². The topological polar surface area (TPSA) is 101 Å². The molecule has 0 saturated heterocycles. The van der Waals surface area contributed by atoms with Gasteiger partial charge in [0.1, 0.15) is 5.69 Å². The van der Waals surface area contributed by atoms with E-state index in [2.05, 4.69) is 15.3 Å². The third-order valence-electron chi connectivity index (χ3n) is 4.48. The summed E-state index contributed by atoms with van der Waals surface area (Å²) in [6, 6.07) is 15.4. The minimum Gasteiger partial charge on any atom is -0.326 e. The van der Waals surface area contributed by atoms with Crippen LogP contribution in [0.1, 0.15) is 30.5 Å². The quantitative estimate of drug-likeness (QED) is 0.539. The molecule has 168 valence electrons. The van der Waals surface area contributed by atoms with Crippen molar-refractivity contribution in [2.75, 3.05) is 10.0 Å². The van der Waals surface area contributed by atoms with Crippen LogP contribution >= 0.6 is 0 Å². The van der Waals surface area contributed by atoms with E-state index < -0.39 is 27.8 Å². The molecule has 1 unspecified atom stereocenters. The molecule has 0 saturated carbocycles. The molecule has 0 aliphatic heterocycles. The number of alkyl halides is 3. The molecule has 0 fully saturated rings. The zero-order valence-electron chi connectivity index (χ0n) is 16.8. The second-order valence-electron chi connectivity index (χ2n) is 6.96. The van der Waals surface area contributed by atoms with Gasteiger partial charge in [-0.15, -0.1) is 0 Å². The minimum atomic E-state index is -4.74. The first-order chi connectivity index (χ1) is 15.0. The number of sulfonamides is 1. The largest absolute Gasteiger partial charge is 0.433 e. The van der Waals surface area contributed by atoms with Gasteiger partial charge in [0.25, 0.3) is 10.0 Å². The SMILES string of the molecule is CC(CC(=O)Nc1ccc(S(=O)(=O)Nc2nccc(C(F)(F)F)n2)cc1)c1ccccc1. The summed E-state index contributed by atoms with van der Waals surface area (Å²) in [7, 11) is -4.23. The van der Waals surface area contributed by atoms with Crippen molar-refractivity contribution in [1.82, 2.24) is 9.97 Å². The zero-order valence-corrected chi connectivity index (χ0v) is 17.6. The molecule has 1 aromatic heterocycles. The van der Waals surface area contributed by atoms with Crippen LogP contribution in [0.25, 0.3) is 0 Å². The highest BCUT2D eigenvalue weighted by atomic mass is 32.2. The molecule has 0 bridgehead atoms. The van der Waals surface area contributed by atoms with Crippen molar-refractivity contribution < 1.29 is 26.4 Å². The van der Waals surface area contributed by atoms with E-state index in [9.17, 15) is 26.4 Å². The number of hydrogen-bond acceptors (Lipinski definition) is 5. The van der Waals surface area contributed by atoms with E-state index >= 15 is 0 Å². The van der Waals surface area contributed by atoms with Crippen molar-refractivity contribution in [1.29, 1.82) is 0 Å². The van der Waals surface area contributed by atoms with Crippen LogP contribution in [0.3, 0.4) is 0 Å². The van der Waals surface area contributed by atoms with Crippen LogP contribution in [0.4, 0.5) is 24.8 Å². The summed E-state index contributed by atoms with van der Waals surface area (Å²) in [4.78, 5) is 18.7. The lowest BCUT2D eigenvalue weighted by Gasteiger charge is -2.12. The monoisotopic (exact) mass is 464 g/mol. The second-order valence-corrected chi connectivity index (χ2v) is 8.64. The lowest BCUT2D eigenvalue weighted by Crippen LogP contribution is -2.17. The highest BCUT2D eigenvalue weighted by molar-refractivity contribution is 7.92. The first-order valence-electron chi connectivity index (χ1n) is 9.42. The molecular formula is C21H19F3N4O3S. The number of amides is 1. The van der Waals surface area contributed by atoms with Gasteiger partial charge in [-0.1, -0.05) is 37.3 Å². The summed E-state index contributed by atoms with van der Waals surface area (Å²) < 4.78 is 65.0. The molecule has 7 nitrogen and oxygen atoms in total. The molecule has 32 heavy (non-hydrogen) atoms. The van der Waals surface area contributed by atoms with Gasteiger partial charge in [0.2, 0.25) is 11.9 Å². The Morgan fingerprint density at radius 2 is 1.69 bits per heavy atom. The number of anilines is 2. The van der Waals surface area contributed by atoms with Crippen molar-refractivity contribution in [3.8, 4) is 0 Å².